The van der Waals surface area contributed by atoms with E-state index in [4.69, 9.17) is 0 Å². The molecule has 1 unspecified atom stereocenters. The first-order valence-electron chi connectivity index (χ1n) is 8.19. The summed E-state index contributed by atoms with van der Waals surface area (Å²) in [7, 11) is 1.92. The van der Waals surface area contributed by atoms with Crippen molar-refractivity contribution in [1.29, 1.82) is 0 Å². The third kappa shape index (κ3) is 3.19. The van der Waals surface area contributed by atoms with Crippen LogP contribution in [0.3, 0.4) is 0 Å². The van der Waals surface area contributed by atoms with E-state index < -0.39 is 0 Å². The second kappa shape index (κ2) is 6.03. The van der Waals surface area contributed by atoms with Crippen LogP contribution in [0.4, 0.5) is 0 Å². The van der Waals surface area contributed by atoms with Crippen LogP contribution in [0.5, 0.6) is 0 Å². The lowest BCUT2D eigenvalue weighted by Crippen LogP contribution is -2.40. The minimum atomic E-state index is -0.108. The Labute approximate surface area is 134 Å². The molecule has 0 aromatic carbocycles. The number of aromatic nitrogens is 2. The second-order valence-corrected chi connectivity index (χ2v) is 7.67. The fourth-order valence-corrected chi connectivity index (χ4v) is 3.20. The number of nitrogens with zero attached hydrogens (tertiary/aromatic N) is 4. The second-order valence-electron chi connectivity index (χ2n) is 7.67. The molecule has 1 atom stereocenters. The number of carbonyl (C=O) groups excluding carboxylic acids is 1. The molecule has 1 aliphatic rings. The van der Waals surface area contributed by atoms with Crippen LogP contribution in [0.25, 0.3) is 0 Å². The van der Waals surface area contributed by atoms with E-state index >= 15 is 0 Å². The molecule has 1 saturated heterocycles. The lowest BCUT2D eigenvalue weighted by Gasteiger charge is -2.26. The van der Waals surface area contributed by atoms with Crippen LogP contribution >= 0.6 is 0 Å². The molecule has 2 heterocycles. The van der Waals surface area contributed by atoms with Gasteiger partial charge in [0.2, 0.25) is 0 Å². The zero-order chi connectivity index (χ0) is 16.7. The first-order chi connectivity index (χ1) is 10.1. The predicted octanol–water partition coefficient (Wildman–Crippen LogP) is 2.50. The van der Waals surface area contributed by atoms with Crippen molar-refractivity contribution in [2.24, 2.45) is 0 Å². The van der Waals surface area contributed by atoms with Gasteiger partial charge < -0.3 is 4.90 Å². The summed E-state index contributed by atoms with van der Waals surface area (Å²) in [4.78, 5) is 17.2. The molecule has 0 aliphatic carbocycles. The maximum Gasteiger partial charge on any atom is 0.257 e. The van der Waals surface area contributed by atoms with Crippen molar-refractivity contribution in [1.82, 2.24) is 19.6 Å². The van der Waals surface area contributed by atoms with Crippen molar-refractivity contribution in [2.45, 2.75) is 65.6 Å². The van der Waals surface area contributed by atoms with Gasteiger partial charge in [0.05, 0.1) is 17.3 Å². The van der Waals surface area contributed by atoms with E-state index in [0.717, 1.165) is 30.8 Å². The highest BCUT2D eigenvalue weighted by Gasteiger charge is 2.31. The molecule has 0 N–H and O–H groups in total. The van der Waals surface area contributed by atoms with Gasteiger partial charge in [-0.3, -0.25) is 14.4 Å². The summed E-state index contributed by atoms with van der Waals surface area (Å²) in [5.41, 5.74) is 1.56. The van der Waals surface area contributed by atoms with Crippen molar-refractivity contribution in [3.05, 3.63) is 17.5 Å². The monoisotopic (exact) mass is 306 g/mol. The average molecular weight is 306 g/mol. The van der Waals surface area contributed by atoms with Crippen LogP contribution in [0.15, 0.2) is 6.20 Å². The lowest BCUT2D eigenvalue weighted by atomic mass is 10.1. The summed E-state index contributed by atoms with van der Waals surface area (Å²) in [6.45, 7) is 14.7. The number of hydrogen-bond donors (Lipinski definition) is 0. The van der Waals surface area contributed by atoms with E-state index in [1.807, 2.05) is 23.6 Å². The van der Waals surface area contributed by atoms with Crippen LogP contribution < -0.4 is 0 Å². The van der Waals surface area contributed by atoms with Gasteiger partial charge in [0.15, 0.2) is 0 Å². The molecule has 124 valence electrons. The van der Waals surface area contributed by atoms with Gasteiger partial charge in [0, 0.05) is 37.9 Å². The maximum absolute atomic E-state index is 12.8. The average Bonchev–Trinajstić information content (AvgIpc) is 3.02. The zero-order valence-electron chi connectivity index (χ0n) is 15.1. The van der Waals surface area contributed by atoms with E-state index in [-0.39, 0.29) is 11.4 Å². The smallest absolute Gasteiger partial charge is 0.257 e. The van der Waals surface area contributed by atoms with Gasteiger partial charge in [-0.05, 0) is 48.0 Å². The van der Waals surface area contributed by atoms with Crippen LogP contribution in [-0.2, 0) is 5.54 Å². The van der Waals surface area contributed by atoms with E-state index in [0.29, 0.717) is 12.1 Å². The molecule has 1 aliphatic heterocycles. The molecule has 5 heteroatoms. The number of rotatable bonds is 3. The maximum atomic E-state index is 12.8. The molecule has 0 saturated carbocycles. The highest BCUT2D eigenvalue weighted by atomic mass is 16.2. The molecule has 5 nitrogen and oxygen atoms in total. The Kier molecular flexibility index (Phi) is 4.66. The molecule has 0 radical (unpaired) electrons. The number of likely N-dealkylation sites (tertiary alicyclic amines) is 1. The largest absolute Gasteiger partial charge is 0.337 e. The molecule has 1 fully saturated rings. The molecule has 2 rings (SSSR count). The SMILES string of the molecule is Cc1c(C(=O)N(C)C2CCN(C(C)C)C2)cnn1C(C)(C)C. The molecule has 1 aromatic heterocycles. The quantitative estimate of drug-likeness (QED) is 0.861. The Bertz CT molecular complexity index is 541. The summed E-state index contributed by atoms with van der Waals surface area (Å²) in [5.74, 6) is 0.0867. The van der Waals surface area contributed by atoms with Crippen molar-refractivity contribution in [2.75, 3.05) is 20.1 Å². The number of amides is 1. The van der Waals surface area contributed by atoms with Crippen molar-refractivity contribution in [3.63, 3.8) is 0 Å². The first kappa shape index (κ1) is 17.0. The van der Waals surface area contributed by atoms with E-state index in [2.05, 4.69) is 44.6 Å². The van der Waals surface area contributed by atoms with Gasteiger partial charge in [0.1, 0.15) is 0 Å². The molecule has 0 bridgehead atoms. The topological polar surface area (TPSA) is 41.4 Å². The van der Waals surface area contributed by atoms with Gasteiger partial charge in [-0.25, -0.2) is 0 Å². The van der Waals surface area contributed by atoms with E-state index in [1.54, 1.807) is 6.20 Å². The first-order valence-corrected chi connectivity index (χ1v) is 8.19. The van der Waals surface area contributed by atoms with Crippen LogP contribution in [0.1, 0.15) is 57.1 Å². The lowest BCUT2D eigenvalue weighted by molar-refractivity contribution is 0.0731. The summed E-state index contributed by atoms with van der Waals surface area (Å²) in [6, 6.07) is 0.839. The summed E-state index contributed by atoms with van der Waals surface area (Å²) >= 11 is 0. The van der Waals surface area contributed by atoms with Gasteiger partial charge in [-0.2, -0.15) is 5.10 Å². The predicted molar refractivity (Wildman–Crippen MR) is 89.2 cm³/mol. The number of likely N-dealkylation sites (N-methyl/N-ethyl adjacent to an activating group) is 1. The summed E-state index contributed by atoms with van der Waals surface area (Å²) < 4.78 is 1.93. The zero-order valence-corrected chi connectivity index (χ0v) is 15.1. The molecular weight excluding hydrogens is 276 g/mol. The highest BCUT2D eigenvalue weighted by molar-refractivity contribution is 5.95. The molecular formula is C17H30N4O. The third-order valence-corrected chi connectivity index (χ3v) is 4.67. The van der Waals surface area contributed by atoms with E-state index in [9.17, 15) is 4.79 Å². The van der Waals surface area contributed by atoms with Crippen LogP contribution in [0.2, 0.25) is 0 Å². The fraction of sp³-hybridized carbons (Fsp3) is 0.765. The molecule has 0 spiro atoms. The minimum absolute atomic E-state index is 0.0867. The molecule has 1 amide bonds. The van der Waals surface area contributed by atoms with Gasteiger partial charge in [0.25, 0.3) is 5.91 Å². The van der Waals surface area contributed by atoms with Crippen molar-refractivity contribution >= 4 is 5.91 Å². The Balaban J connectivity index is 2.14. The van der Waals surface area contributed by atoms with Gasteiger partial charge in [-0.1, -0.05) is 0 Å². The normalized spacial score (nSPS) is 19.9. The Morgan fingerprint density at radius 2 is 2.05 bits per heavy atom. The minimum Gasteiger partial charge on any atom is -0.337 e. The summed E-state index contributed by atoms with van der Waals surface area (Å²) in [5, 5.41) is 4.42. The third-order valence-electron chi connectivity index (χ3n) is 4.67. The van der Waals surface area contributed by atoms with Gasteiger partial charge in [-0.15, -0.1) is 0 Å². The molecule has 22 heavy (non-hydrogen) atoms. The Morgan fingerprint density at radius 3 is 2.50 bits per heavy atom. The Hall–Kier alpha value is -1.36. The molecule has 1 aromatic rings. The standard InChI is InChI=1S/C17H30N4O/c1-12(2)20-9-8-14(11-20)19(7)16(22)15-10-18-21(13(15)3)17(4,5)6/h10,12,14H,8-9,11H2,1-7H3. The Morgan fingerprint density at radius 1 is 1.41 bits per heavy atom. The fourth-order valence-electron chi connectivity index (χ4n) is 3.20. The summed E-state index contributed by atoms with van der Waals surface area (Å²) in [6.07, 6.45) is 2.77. The van der Waals surface area contributed by atoms with Gasteiger partial charge >= 0.3 is 0 Å². The van der Waals surface area contributed by atoms with E-state index in [1.165, 1.54) is 0 Å². The number of carbonyl (C=O) groups is 1. The highest BCUT2D eigenvalue weighted by Crippen LogP contribution is 2.22. The van der Waals surface area contributed by atoms with Crippen molar-refractivity contribution in [3.8, 4) is 0 Å². The van der Waals surface area contributed by atoms with Crippen molar-refractivity contribution < 1.29 is 4.79 Å². The van der Waals surface area contributed by atoms with Crippen LogP contribution in [0, 0.1) is 6.92 Å². The van der Waals surface area contributed by atoms with Crippen LogP contribution in [-0.4, -0.2) is 57.7 Å². The number of hydrogen-bond acceptors (Lipinski definition) is 3.